The molecule has 17 nitrogen and oxygen atoms in total. The van der Waals surface area contributed by atoms with Gasteiger partial charge in [0, 0.05) is 53.8 Å². The normalized spacial score (nSPS) is 12.7. The van der Waals surface area contributed by atoms with E-state index in [4.69, 9.17) is 21.1 Å². The van der Waals surface area contributed by atoms with Crippen LogP contribution in [0.2, 0.25) is 5.02 Å². The molecule has 7 N–H and O–H groups in total. The van der Waals surface area contributed by atoms with Crippen LogP contribution >= 0.6 is 27.5 Å². The summed E-state index contributed by atoms with van der Waals surface area (Å²) < 4.78 is 129. The molecule has 0 saturated carbocycles. The molecule has 0 spiro atoms. The van der Waals surface area contributed by atoms with Crippen LogP contribution < -0.4 is 14.2 Å². The molecule has 0 amide bonds. The highest BCUT2D eigenvalue weighted by atomic mass is 79.9. The number of fused-ring (bicyclic) bond motifs is 7. The lowest BCUT2D eigenvalue weighted by atomic mass is 9.89. The Kier molecular flexibility index (Phi) is 10.7. The number of para-hydroxylation sites is 3. The van der Waals surface area contributed by atoms with Crippen molar-refractivity contribution in [1.29, 1.82) is 0 Å². The molecule has 14 aromatic rings. The van der Waals surface area contributed by atoms with E-state index in [0.29, 0.717) is 37.7 Å². The van der Waals surface area contributed by atoms with Crippen molar-refractivity contribution in [3.8, 4) is 62.3 Å². The molecule has 7 aromatic carbocycles. The predicted octanol–water partition coefficient (Wildman–Crippen LogP) is 14.1. The van der Waals surface area contributed by atoms with Crippen molar-refractivity contribution in [2.45, 2.75) is 25.1 Å². The molecule has 398 valence electrons. The van der Waals surface area contributed by atoms with Crippen molar-refractivity contribution in [3.63, 3.8) is 0 Å². The highest BCUT2D eigenvalue weighted by molar-refractivity contribution is 9.10. The maximum absolute atomic E-state index is 17.8. The van der Waals surface area contributed by atoms with Crippen LogP contribution in [0.25, 0.3) is 121 Å². The fourth-order valence-corrected chi connectivity index (χ4v) is 12.0. The lowest BCUT2D eigenvalue weighted by Gasteiger charge is -2.34. The third-order valence-corrected chi connectivity index (χ3v) is 15.5. The Labute approximate surface area is 454 Å². The van der Waals surface area contributed by atoms with Crippen molar-refractivity contribution in [2.75, 3.05) is 7.11 Å². The van der Waals surface area contributed by atoms with E-state index in [-0.39, 0.29) is 93.5 Å². The first-order chi connectivity index (χ1) is 38.6. The topological polar surface area (TPSA) is 228 Å². The van der Waals surface area contributed by atoms with Gasteiger partial charge >= 0.3 is 12.5 Å². The van der Waals surface area contributed by atoms with Crippen LogP contribution in [-0.2, 0) is 5.60 Å². The standard InChI is InChI=1S/C54H31BrClF7N14O3/c1-21-26(45-36-32(69-74-45)17-18-34(79-54(61,62)63)49(36)80-52(53(58,59)60,50-23-10-4-7-13-29(23)66-76-50)51-24-11-5-8-14-30(24)67-77-51)19-33-37(48(21)78-2)44(73-70-33)25-15-16-31-35(42(25)57)47(75-68-31)39-41(56)38(40(55)27-20-64-71-46(27)39)43-22-9-3-6-12-28(22)65-72-43/h3-20H,1-2H3,(H,64,71)(H,65,72)(H,66,76)(H,67,77)(H,68,75)(H,69,74)(H,70,73). The summed E-state index contributed by atoms with van der Waals surface area (Å²) in [4.78, 5) is 0. The minimum Gasteiger partial charge on any atom is -0.496 e. The number of methoxy groups -OCH3 is 1. The largest absolute Gasteiger partial charge is 0.573 e. The van der Waals surface area contributed by atoms with Gasteiger partial charge in [-0.25, -0.2) is 4.39 Å². The molecule has 0 bridgehead atoms. The number of ether oxygens (including phenoxy) is 3. The van der Waals surface area contributed by atoms with Gasteiger partial charge in [0.15, 0.2) is 11.5 Å². The minimum atomic E-state index is -5.52. The maximum Gasteiger partial charge on any atom is 0.573 e. The zero-order valence-corrected chi connectivity index (χ0v) is 43.0. The predicted molar refractivity (Wildman–Crippen MR) is 287 cm³/mol. The molecular formula is C54H31BrClF7N14O3. The molecule has 0 aliphatic carbocycles. The van der Waals surface area contributed by atoms with E-state index in [2.05, 4.69) is 92.0 Å². The van der Waals surface area contributed by atoms with E-state index in [1.165, 1.54) is 55.6 Å². The Hall–Kier alpha value is -9.49. The molecule has 26 heteroatoms. The van der Waals surface area contributed by atoms with Gasteiger partial charge in [0.2, 0.25) is 0 Å². The summed E-state index contributed by atoms with van der Waals surface area (Å²) in [7, 11) is 1.34. The van der Waals surface area contributed by atoms with Crippen LogP contribution in [0.1, 0.15) is 17.0 Å². The summed E-state index contributed by atoms with van der Waals surface area (Å²) in [5.41, 5.74) is -1.60. The number of hydrogen-bond donors (Lipinski definition) is 7. The number of halogens is 9. The average molecular weight is 1170 g/mol. The first-order valence-electron chi connectivity index (χ1n) is 24.0. The number of alkyl halides is 6. The summed E-state index contributed by atoms with van der Waals surface area (Å²) in [6.45, 7) is 1.59. The van der Waals surface area contributed by atoms with E-state index < -0.39 is 46.8 Å². The van der Waals surface area contributed by atoms with Gasteiger partial charge in [-0.15, -0.1) is 13.2 Å². The zero-order valence-electron chi connectivity index (χ0n) is 40.6. The summed E-state index contributed by atoms with van der Waals surface area (Å²) >= 11 is 11.1. The Balaban J connectivity index is 0.959. The fourth-order valence-electron chi connectivity index (χ4n) is 10.8. The van der Waals surface area contributed by atoms with Gasteiger partial charge in [0.25, 0.3) is 5.60 Å². The molecular weight excluding hydrogens is 1140 g/mol. The quantitative estimate of drug-likeness (QED) is 0.0641. The van der Waals surface area contributed by atoms with Crippen LogP contribution in [0.15, 0.2) is 114 Å². The second-order valence-corrected chi connectivity index (χ2v) is 19.8. The molecule has 0 radical (unpaired) electrons. The van der Waals surface area contributed by atoms with Crippen molar-refractivity contribution < 1.29 is 44.9 Å². The van der Waals surface area contributed by atoms with E-state index >= 15 is 17.6 Å². The van der Waals surface area contributed by atoms with Gasteiger partial charge < -0.3 is 14.2 Å². The Morgan fingerprint density at radius 2 is 1.06 bits per heavy atom. The number of H-pyrrole nitrogens is 7. The highest BCUT2D eigenvalue weighted by Crippen LogP contribution is 2.55. The molecule has 14 rings (SSSR count). The summed E-state index contributed by atoms with van der Waals surface area (Å²) in [6.07, 6.45) is -9.36. The van der Waals surface area contributed by atoms with Gasteiger partial charge in [-0.1, -0.05) is 66.2 Å². The SMILES string of the molecule is COc1c(C)c(-c2n[nH]c3ccc(OC(F)(F)F)c(OC(c4n[nH]c5ccccc45)(c4n[nH]c5ccccc45)C(F)(F)F)c23)cc2[nH]nc(-c3ccc4[nH]nc(-c5c(Cl)c(-c6n[nH]c7ccccc67)c(Br)c6cn[nH]c56)c4c3F)c12. The minimum absolute atomic E-state index is 0.0143. The van der Waals surface area contributed by atoms with Gasteiger partial charge in [-0.2, -0.15) is 48.9 Å². The number of benzene rings is 7. The smallest absolute Gasteiger partial charge is 0.496 e. The molecule has 0 aliphatic heterocycles. The molecule has 0 atom stereocenters. The van der Waals surface area contributed by atoms with Crippen LogP contribution in [0, 0.1) is 12.7 Å². The van der Waals surface area contributed by atoms with Gasteiger partial charge in [-0.3, -0.25) is 35.7 Å². The second-order valence-electron chi connectivity index (χ2n) is 18.6. The van der Waals surface area contributed by atoms with Gasteiger partial charge in [0.1, 0.15) is 45.7 Å². The highest BCUT2D eigenvalue weighted by Gasteiger charge is 2.65. The summed E-state index contributed by atoms with van der Waals surface area (Å²) in [5.74, 6) is -2.85. The molecule has 7 aromatic heterocycles. The van der Waals surface area contributed by atoms with Crippen LogP contribution in [0.3, 0.4) is 0 Å². The lowest BCUT2D eigenvalue weighted by Crippen LogP contribution is -2.49. The number of nitrogens with zero attached hydrogens (tertiary/aromatic N) is 7. The third kappa shape index (κ3) is 7.05. The molecule has 0 fully saturated rings. The maximum atomic E-state index is 17.8. The van der Waals surface area contributed by atoms with Gasteiger partial charge in [0.05, 0.1) is 73.1 Å². The number of rotatable bonds is 10. The summed E-state index contributed by atoms with van der Waals surface area (Å²) in [5, 5.41) is 52.0. The first kappa shape index (κ1) is 48.9. The fraction of sp³-hybridized carbons (Fsp3) is 0.0926. The Morgan fingerprint density at radius 1 is 0.525 bits per heavy atom. The number of aromatic nitrogens is 14. The average Bonchev–Trinajstić information content (AvgIpc) is 4.49. The third-order valence-electron chi connectivity index (χ3n) is 14.3. The van der Waals surface area contributed by atoms with E-state index in [1.54, 1.807) is 31.3 Å². The van der Waals surface area contributed by atoms with E-state index in [1.807, 2.05) is 24.3 Å². The van der Waals surface area contributed by atoms with Crippen molar-refractivity contribution in [2.24, 2.45) is 0 Å². The number of nitrogens with one attached hydrogen (secondary N) is 7. The molecule has 0 unspecified atom stereocenters. The van der Waals surface area contributed by atoms with Crippen LogP contribution in [0.5, 0.6) is 17.2 Å². The number of hydrogen-bond acceptors (Lipinski definition) is 10. The van der Waals surface area contributed by atoms with Gasteiger partial charge in [-0.05, 0) is 71.4 Å². The lowest BCUT2D eigenvalue weighted by molar-refractivity contribution is -0.276. The van der Waals surface area contributed by atoms with Crippen molar-refractivity contribution >= 4 is 104 Å². The number of aromatic amines is 7. The molecule has 80 heavy (non-hydrogen) atoms. The molecule has 7 heterocycles. The van der Waals surface area contributed by atoms with E-state index in [9.17, 15) is 13.2 Å². The molecule has 0 aliphatic rings. The summed E-state index contributed by atoms with van der Waals surface area (Å²) in [6, 6.07) is 25.9. The zero-order chi connectivity index (χ0) is 55.1. The van der Waals surface area contributed by atoms with E-state index in [0.717, 1.165) is 23.0 Å². The van der Waals surface area contributed by atoms with Crippen LogP contribution in [-0.4, -0.2) is 91.0 Å². The van der Waals surface area contributed by atoms with Crippen molar-refractivity contribution in [1.82, 2.24) is 71.4 Å². The second kappa shape index (κ2) is 17.5. The van der Waals surface area contributed by atoms with Crippen molar-refractivity contribution in [3.05, 3.63) is 142 Å². The molecule has 0 saturated heterocycles. The van der Waals surface area contributed by atoms with Crippen LogP contribution in [0.4, 0.5) is 30.7 Å². The Bertz CT molecular complexity index is 4790. The first-order valence-corrected chi connectivity index (χ1v) is 25.1. The monoisotopic (exact) mass is 1170 g/mol. The Morgan fingerprint density at radius 3 is 1.71 bits per heavy atom.